The van der Waals surface area contributed by atoms with Crippen LogP contribution >= 0.6 is 0 Å². The number of ether oxygens (including phenoxy) is 2. The van der Waals surface area contributed by atoms with E-state index in [1.54, 1.807) is 6.20 Å². The molecule has 2 unspecified atom stereocenters. The lowest BCUT2D eigenvalue weighted by atomic mass is 9.86. The predicted octanol–water partition coefficient (Wildman–Crippen LogP) is 5.01. The van der Waals surface area contributed by atoms with Gasteiger partial charge in [0.15, 0.2) is 0 Å². The van der Waals surface area contributed by atoms with Crippen LogP contribution in [-0.2, 0) is 24.4 Å². The number of hydrogen-bond acceptors (Lipinski definition) is 9. The molecule has 1 aromatic carbocycles. The highest BCUT2D eigenvalue weighted by Crippen LogP contribution is 2.54. The Labute approximate surface area is 334 Å². The number of carboxylic acid groups (broad SMARTS) is 1. The summed E-state index contributed by atoms with van der Waals surface area (Å²) in [4.78, 5) is 64.5. The average molecular weight is 806 g/mol. The number of fused-ring (bicyclic) bond motifs is 4. The summed E-state index contributed by atoms with van der Waals surface area (Å²) in [5.74, 6) is -0.694. The summed E-state index contributed by atoms with van der Waals surface area (Å²) < 4.78 is 40.7. The van der Waals surface area contributed by atoms with Gasteiger partial charge in [-0.05, 0) is 93.9 Å². The molecule has 0 bridgehead atoms. The smallest absolute Gasteiger partial charge is 0.408 e. The molecule has 4 aliphatic carbocycles. The van der Waals surface area contributed by atoms with Crippen molar-refractivity contribution in [2.75, 3.05) is 13.2 Å². The molecule has 2 aliphatic heterocycles. The van der Waals surface area contributed by atoms with E-state index in [1.807, 2.05) is 50.3 Å². The Kier molecular flexibility index (Phi) is 10.7. The third-order valence-corrected chi connectivity index (χ3v) is 15.0. The zero-order chi connectivity index (χ0) is 40.2. The van der Waals surface area contributed by atoms with Crippen molar-refractivity contribution in [2.24, 2.45) is 29.6 Å². The Morgan fingerprint density at radius 2 is 1.79 bits per heavy atom. The normalized spacial score (nSPS) is 34.4. The zero-order valence-corrected chi connectivity index (χ0v) is 33.8. The van der Waals surface area contributed by atoms with Crippen LogP contribution in [0.5, 0.6) is 11.6 Å². The number of amides is 4. The van der Waals surface area contributed by atoms with Crippen LogP contribution in [0, 0.1) is 29.6 Å². The highest BCUT2D eigenvalue weighted by Gasteiger charge is 2.62. The molecule has 10 atom stereocenters. The number of carbonyl (C=O) groups excluding carboxylic acids is 3. The number of nitrogens with one attached hydrogen (secondary N) is 2. The van der Waals surface area contributed by atoms with Gasteiger partial charge in [0.25, 0.3) is 5.91 Å². The van der Waals surface area contributed by atoms with Gasteiger partial charge in [-0.25, -0.2) is 18.2 Å². The largest absolute Gasteiger partial charge is 0.491 e. The fourth-order valence-electron chi connectivity index (χ4n) is 9.80. The molecule has 3 heterocycles. The topological polar surface area (TPSA) is 185 Å². The van der Waals surface area contributed by atoms with Crippen molar-refractivity contribution in [3.8, 4) is 11.6 Å². The van der Waals surface area contributed by atoms with Crippen LogP contribution in [0.15, 0.2) is 42.6 Å². The third kappa shape index (κ3) is 7.92. The highest BCUT2D eigenvalue weighted by molar-refractivity contribution is 7.91. The maximum Gasteiger partial charge on any atom is 0.408 e. The van der Waals surface area contributed by atoms with Crippen molar-refractivity contribution < 1.29 is 42.2 Å². The van der Waals surface area contributed by atoms with Gasteiger partial charge in [-0.3, -0.25) is 24.0 Å². The summed E-state index contributed by atoms with van der Waals surface area (Å²) in [6.07, 6.45) is 10.1. The summed E-state index contributed by atoms with van der Waals surface area (Å²) >= 11 is 0. The summed E-state index contributed by atoms with van der Waals surface area (Å²) in [6, 6.07) is 5.06. The van der Waals surface area contributed by atoms with Crippen LogP contribution in [-0.4, -0.2) is 100 Å². The van der Waals surface area contributed by atoms with Gasteiger partial charge in [0.1, 0.15) is 29.5 Å². The zero-order valence-electron chi connectivity index (χ0n) is 33.0. The van der Waals surface area contributed by atoms with Crippen molar-refractivity contribution in [3.05, 3.63) is 42.6 Å². The lowest BCUT2D eigenvalue weighted by molar-refractivity contribution is -0.145. The van der Waals surface area contributed by atoms with E-state index in [0.29, 0.717) is 74.0 Å². The van der Waals surface area contributed by atoms with Crippen LogP contribution < -0.4 is 19.5 Å². The summed E-state index contributed by atoms with van der Waals surface area (Å²) in [7, 11) is -3.91. The first kappa shape index (κ1) is 39.4. The minimum atomic E-state index is -3.91. The molecular formula is C42H55N5O9S. The molecule has 57 heavy (non-hydrogen) atoms. The van der Waals surface area contributed by atoms with Crippen molar-refractivity contribution in [2.45, 2.75) is 126 Å². The number of hydrogen-bond donors (Lipinski definition) is 3. The second-order valence-corrected chi connectivity index (χ2v) is 19.6. The van der Waals surface area contributed by atoms with Gasteiger partial charge in [0, 0.05) is 29.2 Å². The van der Waals surface area contributed by atoms with Crippen LogP contribution in [0.25, 0.3) is 10.8 Å². The molecule has 14 nitrogen and oxygen atoms in total. The lowest BCUT2D eigenvalue weighted by Gasteiger charge is -2.40. The minimum Gasteiger partial charge on any atom is -0.491 e. The number of allylic oxidation sites excluding steroid dienone is 1. The van der Waals surface area contributed by atoms with Gasteiger partial charge in [0.05, 0.1) is 24.6 Å². The van der Waals surface area contributed by atoms with Gasteiger partial charge < -0.3 is 24.8 Å². The molecule has 4 saturated carbocycles. The number of pyridine rings is 1. The van der Waals surface area contributed by atoms with Crippen LogP contribution in [0.2, 0.25) is 0 Å². The molecule has 4 amide bonds. The van der Waals surface area contributed by atoms with Crippen molar-refractivity contribution >= 4 is 44.6 Å². The molecule has 8 rings (SSSR count). The Hall–Kier alpha value is -4.40. The number of aromatic nitrogens is 1. The maximum atomic E-state index is 15.2. The Balaban J connectivity index is 1.15. The third-order valence-electron chi connectivity index (χ3n) is 13.2. The molecule has 15 heteroatoms. The van der Waals surface area contributed by atoms with Gasteiger partial charge in [0.2, 0.25) is 27.7 Å². The molecular weight excluding hydrogens is 751 g/mol. The Morgan fingerprint density at radius 3 is 2.49 bits per heavy atom. The first-order chi connectivity index (χ1) is 27.3. The maximum absolute atomic E-state index is 15.2. The van der Waals surface area contributed by atoms with E-state index in [4.69, 9.17) is 9.47 Å². The number of benzene rings is 1. The molecule has 0 radical (unpaired) electrons. The Morgan fingerprint density at radius 1 is 1.05 bits per heavy atom. The molecule has 6 aliphatic rings. The standard InChI is InChI=1S/C42H55N5O9S/c1-4-15-55-35-22-43-38(33-12-8-7-11-32(33)35)56-30-20-34-37(48)44-42(40(50)45-57(53,54)31-13-14-31)21-28(42)10-6-5-9-24(2)16-25(3)36(39(49)46(34)23-30)47(41(51)52)29-18-26-17-27(26)19-29/h6-8,10-12,22,24-31,34,36H,4-5,9,13-21,23H2,1-3H3,(H,44,48)(H,45,50)(H,51,52)/b10-6-/t24-,25-,26+,27?,28-,29?,30-,34+,36+,42-/m1/s1. The first-order valence-corrected chi connectivity index (χ1v) is 22.4. The van der Waals surface area contributed by atoms with E-state index in [2.05, 4.69) is 21.9 Å². The Bertz CT molecular complexity index is 2050. The number of carbonyl (C=O) groups is 4. The van der Waals surface area contributed by atoms with Crippen molar-refractivity contribution in [1.82, 2.24) is 24.8 Å². The molecule has 1 saturated heterocycles. The molecule has 308 valence electrons. The summed E-state index contributed by atoms with van der Waals surface area (Å²) in [5, 5.41) is 14.6. The van der Waals surface area contributed by atoms with Gasteiger partial charge in [-0.2, -0.15) is 0 Å². The van der Waals surface area contributed by atoms with Crippen molar-refractivity contribution in [3.63, 3.8) is 0 Å². The van der Waals surface area contributed by atoms with E-state index < -0.39 is 68.7 Å². The first-order valence-electron chi connectivity index (χ1n) is 20.8. The number of nitrogens with zero attached hydrogens (tertiary/aromatic N) is 3. The van der Waals surface area contributed by atoms with Crippen molar-refractivity contribution in [1.29, 1.82) is 0 Å². The predicted molar refractivity (Wildman–Crippen MR) is 211 cm³/mol. The van der Waals surface area contributed by atoms with Gasteiger partial charge >= 0.3 is 6.09 Å². The molecule has 0 spiro atoms. The molecule has 1 aromatic heterocycles. The lowest BCUT2D eigenvalue weighted by Crippen LogP contribution is -2.61. The number of sulfonamides is 1. The second kappa shape index (κ2) is 15.4. The second-order valence-electron chi connectivity index (χ2n) is 17.6. The van der Waals surface area contributed by atoms with E-state index in [1.165, 1.54) is 9.80 Å². The quantitative estimate of drug-likeness (QED) is 0.276. The molecule has 5 fully saturated rings. The monoisotopic (exact) mass is 805 g/mol. The SMILES string of the molecule is CCCOc1cnc(O[C@@H]2C[C@H]3C(=O)N[C@]4(C(=O)NS(=O)(=O)C5CC5)C[C@H]4/C=C\CC[C@@H](C)C[C@@H](C)[C@H](N(C(=O)O)C4CC5C[C@H]5C4)C(=O)N3C2)c2ccccc12. The fraction of sp³-hybridized carbons (Fsp3) is 0.643. The van der Waals surface area contributed by atoms with Gasteiger partial charge in [-0.1, -0.05) is 51.1 Å². The van der Waals surface area contributed by atoms with Crippen LogP contribution in [0.1, 0.15) is 91.4 Å². The molecule has 3 N–H and O–H groups in total. The average Bonchev–Trinajstić information content (AvgIpc) is 4.14. The van der Waals surface area contributed by atoms with E-state index in [0.717, 1.165) is 24.6 Å². The van der Waals surface area contributed by atoms with E-state index in [-0.39, 0.29) is 37.3 Å². The summed E-state index contributed by atoms with van der Waals surface area (Å²) in [6.45, 7) is 6.54. The fourth-order valence-corrected chi connectivity index (χ4v) is 11.2. The highest BCUT2D eigenvalue weighted by atomic mass is 32.2. The molecule has 2 aromatic rings. The minimum absolute atomic E-state index is 0.0260. The van der Waals surface area contributed by atoms with E-state index >= 15 is 4.79 Å². The number of rotatable bonds is 10. The summed E-state index contributed by atoms with van der Waals surface area (Å²) in [5.41, 5.74) is -1.52. The van der Waals surface area contributed by atoms with Gasteiger partial charge in [-0.15, -0.1) is 0 Å². The van der Waals surface area contributed by atoms with E-state index in [9.17, 15) is 27.9 Å². The van der Waals surface area contributed by atoms with Crippen LogP contribution in [0.4, 0.5) is 4.79 Å². The van der Waals surface area contributed by atoms with Crippen LogP contribution in [0.3, 0.4) is 0 Å².